The van der Waals surface area contributed by atoms with E-state index in [4.69, 9.17) is 5.11 Å². The van der Waals surface area contributed by atoms with Crippen LogP contribution in [0.15, 0.2) is 18.2 Å². The van der Waals surface area contributed by atoms with Crippen LogP contribution in [-0.4, -0.2) is 23.5 Å². The fourth-order valence-electron chi connectivity index (χ4n) is 1.90. The maximum absolute atomic E-state index is 11.9. The summed E-state index contributed by atoms with van der Waals surface area (Å²) in [6.45, 7) is 6.08. The van der Waals surface area contributed by atoms with E-state index in [1.165, 1.54) is 0 Å². The fraction of sp³-hybridized carbons (Fsp3) is 0.467. The van der Waals surface area contributed by atoms with Crippen molar-refractivity contribution >= 4 is 11.9 Å². The molecule has 104 valence electrons. The second kappa shape index (κ2) is 6.92. The van der Waals surface area contributed by atoms with Crippen molar-refractivity contribution in [3.05, 3.63) is 34.9 Å². The van der Waals surface area contributed by atoms with E-state index >= 15 is 0 Å². The van der Waals surface area contributed by atoms with E-state index in [-0.39, 0.29) is 11.8 Å². The molecule has 4 heteroatoms. The molecule has 4 nitrogen and oxygen atoms in total. The number of amides is 1. The van der Waals surface area contributed by atoms with Crippen molar-refractivity contribution in [3.8, 4) is 0 Å². The Morgan fingerprint density at radius 2 is 2.00 bits per heavy atom. The minimum Gasteiger partial charge on any atom is -0.481 e. The molecule has 0 aliphatic carbocycles. The van der Waals surface area contributed by atoms with Gasteiger partial charge in [-0.1, -0.05) is 24.6 Å². The lowest BCUT2D eigenvalue weighted by molar-refractivity contribution is -0.141. The number of rotatable bonds is 6. The van der Waals surface area contributed by atoms with Gasteiger partial charge < -0.3 is 10.4 Å². The largest absolute Gasteiger partial charge is 0.481 e. The molecule has 0 bridgehead atoms. The molecule has 1 aromatic rings. The van der Waals surface area contributed by atoms with E-state index in [9.17, 15) is 9.59 Å². The van der Waals surface area contributed by atoms with Crippen LogP contribution >= 0.6 is 0 Å². The molecule has 1 atom stereocenters. The smallest absolute Gasteiger partial charge is 0.306 e. The lowest BCUT2D eigenvalue weighted by Crippen LogP contribution is -2.26. The van der Waals surface area contributed by atoms with Gasteiger partial charge in [0.15, 0.2) is 0 Å². The van der Waals surface area contributed by atoms with Gasteiger partial charge in [0.1, 0.15) is 0 Å². The van der Waals surface area contributed by atoms with Gasteiger partial charge in [-0.2, -0.15) is 0 Å². The van der Waals surface area contributed by atoms with Crippen LogP contribution in [0.5, 0.6) is 0 Å². The zero-order valence-corrected chi connectivity index (χ0v) is 11.7. The summed E-state index contributed by atoms with van der Waals surface area (Å²) in [6, 6.07) is 5.70. The minimum absolute atomic E-state index is 0.0968. The van der Waals surface area contributed by atoms with Crippen molar-refractivity contribution in [1.82, 2.24) is 5.32 Å². The van der Waals surface area contributed by atoms with Crippen LogP contribution in [0.1, 0.15) is 41.3 Å². The molecule has 0 radical (unpaired) electrons. The molecule has 1 unspecified atom stereocenters. The van der Waals surface area contributed by atoms with Gasteiger partial charge in [-0.15, -0.1) is 0 Å². The average molecular weight is 263 g/mol. The number of carboxylic acid groups (broad SMARTS) is 1. The fourth-order valence-corrected chi connectivity index (χ4v) is 1.90. The van der Waals surface area contributed by atoms with Gasteiger partial charge in [0.25, 0.3) is 5.91 Å². The van der Waals surface area contributed by atoms with Gasteiger partial charge in [-0.25, -0.2) is 0 Å². The molecule has 2 N–H and O–H groups in total. The Morgan fingerprint density at radius 3 is 2.58 bits per heavy atom. The Balaban J connectivity index is 2.41. The summed E-state index contributed by atoms with van der Waals surface area (Å²) >= 11 is 0. The summed E-state index contributed by atoms with van der Waals surface area (Å²) in [7, 11) is 0. The quantitative estimate of drug-likeness (QED) is 0.775. The van der Waals surface area contributed by atoms with Gasteiger partial charge >= 0.3 is 5.97 Å². The van der Waals surface area contributed by atoms with Crippen LogP contribution in [0.4, 0.5) is 0 Å². The zero-order chi connectivity index (χ0) is 14.4. The van der Waals surface area contributed by atoms with Crippen LogP contribution in [-0.2, 0) is 4.79 Å². The minimum atomic E-state index is -0.791. The predicted molar refractivity (Wildman–Crippen MR) is 74.3 cm³/mol. The van der Waals surface area contributed by atoms with Crippen molar-refractivity contribution < 1.29 is 14.7 Å². The summed E-state index contributed by atoms with van der Waals surface area (Å²) in [5, 5.41) is 11.6. The van der Waals surface area contributed by atoms with Crippen LogP contribution < -0.4 is 5.32 Å². The van der Waals surface area contributed by atoms with Crippen molar-refractivity contribution in [1.29, 1.82) is 0 Å². The highest BCUT2D eigenvalue weighted by Gasteiger charge is 2.11. The molecule has 0 aliphatic heterocycles. The number of benzene rings is 1. The van der Waals surface area contributed by atoms with Crippen molar-refractivity contribution in [2.75, 3.05) is 6.54 Å². The number of hydrogen-bond acceptors (Lipinski definition) is 2. The summed E-state index contributed by atoms with van der Waals surface area (Å²) in [6.07, 6.45) is 1.24. The van der Waals surface area contributed by atoms with E-state index in [0.717, 1.165) is 11.1 Å². The number of aliphatic carboxylic acids is 1. The zero-order valence-electron chi connectivity index (χ0n) is 11.7. The molecular weight excluding hydrogens is 242 g/mol. The summed E-state index contributed by atoms with van der Waals surface area (Å²) in [4.78, 5) is 22.6. The van der Waals surface area contributed by atoms with E-state index in [1.807, 2.05) is 32.0 Å². The van der Waals surface area contributed by atoms with Gasteiger partial charge in [0.05, 0.1) is 5.92 Å². The summed E-state index contributed by atoms with van der Waals surface area (Å²) < 4.78 is 0. The topological polar surface area (TPSA) is 66.4 Å². The number of nitrogens with one attached hydrogen (secondary N) is 1. The molecular formula is C15H21NO3. The van der Waals surface area contributed by atoms with Crippen LogP contribution in [0, 0.1) is 19.8 Å². The number of carboxylic acids is 1. The first-order chi connectivity index (χ1) is 8.91. The van der Waals surface area contributed by atoms with E-state index < -0.39 is 5.97 Å². The molecule has 0 aliphatic rings. The molecule has 0 aromatic heterocycles. The van der Waals surface area contributed by atoms with Crippen LogP contribution in [0.2, 0.25) is 0 Å². The van der Waals surface area contributed by atoms with Crippen LogP contribution in [0.25, 0.3) is 0 Å². The van der Waals surface area contributed by atoms with Crippen LogP contribution in [0.3, 0.4) is 0 Å². The Labute approximate surface area is 113 Å². The molecule has 0 saturated heterocycles. The SMILES string of the molecule is Cc1ccc(C(=O)NCCCC(C)C(=O)O)c(C)c1. The summed E-state index contributed by atoms with van der Waals surface area (Å²) in [5.41, 5.74) is 2.76. The highest BCUT2D eigenvalue weighted by Crippen LogP contribution is 2.10. The molecule has 1 aromatic carbocycles. The first kappa shape index (κ1) is 15.2. The number of carbonyl (C=O) groups excluding carboxylic acids is 1. The van der Waals surface area contributed by atoms with Crippen molar-refractivity contribution in [2.45, 2.75) is 33.6 Å². The molecule has 0 fully saturated rings. The maximum atomic E-state index is 11.9. The second-order valence-electron chi connectivity index (χ2n) is 4.96. The maximum Gasteiger partial charge on any atom is 0.306 e. The molecule has 0 spiro atoms. The lowest BCUT2D eigenvalue weighted by Gasteiger charge is -2.09. The standard InChI is InChI=1S/C15H21NO3/c1-10-6-7-13(12(3)9-10)14(17)16-8-4-5-11(2)15(18)19/h6-7,9,11H,4-5,8H2,1-3H3,(H,16,17)(H,18,19). The number of hydrogen-bond donors (Lipinski definition) is 2. The van der Waals surface area contributed by atoms with E-state index in [0.29, 0.717) is 24.9 Å². The highest BCUT2D eigenvalue weighted by atomic mass is 16.4. The highest BCUT2D eigenvalue weighted by molar-refractivity contribution is 5.95. The monoisotopic (exact) mass is 263 g/mol. The first-order valence-corrected chi connectivity index (χ1v) is 6.50. The third kappa shape index (κ3) is 4.73. The molecule has 0 heterocycles. The Bertz CT molecular complexity index is 468. The molecule has 0 saturated carbocycles. The van der Waals surface area contributed by atoms with Gasteiger partial charge in [-0.3, -0.25) is 9.59 Å². The second-order valence-corrected chi connectivity index (χ2v) is 4.96. The van der Waals surface area contributed by atoms with Gasteiger partial charge in [0.2, 0.25) is 0 Å². The first-order valence-electron chi connectivity index (χ1n) is 6.50. The Hall–Kier alpha value is -1.84. The molecule has 1 rings (SSSR count). The van der Waals surface area contributed by atoms with Gasteiger partial charge in [-0.05, 0) is 38.3 Å². The van der Waals surface area contributed by atoms with Crippen molar-refractivity contribution in [2.24, 2.45) is 5.92 Å². The third-order valence-corrected chi connectivity index (χ3v) is 3.15. The molecule has 19 heavy (non-hydrogen) atoms. The van der Waals surface area contributed by atoms with Gasteiger partial charge in [0, 0.05) is 12.1 Å². The van der Waals surface area contributed by atoms with E-state index in [2.05, 4.69) is 5.32 Å². The van der Waals surface area contributed by atoms with E-state index in [1.54, 1.807) is 6.92 Å². The normalized spacial score (nSPS) is 11.9. The predicted octanol–water partition coefficient (Wildman–Crippen LogP) is 2.53. The third-order valence-electron chi connectivity index (χ3n) is 3.15. The van der Waals surface area contributed by atoms with Crippen molar-refractivity contribution in [3.63, 3.8) is 0 Å². The lowest BCUT2D eigenvalue weighted by atomic mass is 10.0. The Kier molecular flexibility index (Phi) is 5.55. The average Bonchev–Trinajstić information content (AvgIpc) is 2.33. The summed E-state index contributed by atoms with van der Waals surface area (Å²) in [5.74, 6) is -1.25. The Morgan fingerprint density at radius 1 is 1.32 bits per heavy atom. The number of carbonyl (C=O) groups is 2. The molecule has 1 amide bonds. The number of aryl methyl sites for hydroxylation is 2.